The molecule has 0 radical (unpaired) electrons. The monoisotopic (exact) mass is 872 g/mol. The number of nitrogens with zero attached hydrogens (tertiary/aromatic N) is 2. The highest BCUT2D eigenvalue weighted by atomic mass is 32.2. The van der Waals surface area contributed by atoms with Crippen molar-refractivity contribution < 1.29 is 44.7 Å². The molecule has 5 aromatic carbocycles. The van der Waals surface area contributed by atoms with Gasteiger partial charge in [0.15, 0.2) is 12.4 Å². The van der Waals surface area contributed by atoms with Crippen molar-refractivity contribution in [1.29, 1.82) is 0 Å². The molecule has 0 spiro atoms. The molecule has 0 aliphatic heterocycles. The number of carbonyl (C=O) groups excluding carboxylic acids is 2. The average Bonchev–Trinajstić information content (AvgIpc) is 3.24. The van der Waals surface area contributed by atoms with Gasteiger partial charge in [-0.15, -0.1) is 0 Å². The Labute approximate surface area is 362 Å². The highest BCUT2D eigenvalue weighted by Crippen LogP contribution is 2.19. The molecule has 7 rings (SSSR count). The van der Waals surface area contributed by atoms with E-state index < -0.39 is 20.2 Å². The molecule has 7 aromatic rings. The topological polar surface area (TPSA) is 180 Å². The molecule has 0 saturated heterocycles. The first-order chi connectivity index (χ1) is 29.5. The number of aryl methyl sites for hydroxylation is 4. The zero-order chi connectivity index (χ0) is 44.9. The number of nitrogens with one attached hydrogen (secondary N) is 2. The molecule has 62 heavy (non-hydrogen) atoms. The lowest BCUT2D eigenvalue weighted by Crippen LogP contribution is -2.33. The summed E-state index contributed by atoms with van der Waals surface area (Å²) in [6.45, 7) is 9.78. The van der Waals surface area contributed by atoms with Crippen LogP contribution in [-0.2, 0) is 38.1 Å². The van der Waals surface area contributed by atoms with Gasteiger partial charge in [-0.1, -0.05) is 61.4 Å². The van der Waals surface area contributed by atoms with Crippen LogP contribution in [-0.4, -0.2) is 37.8 Å². The first-order valence-corrected chi connectivity index (χ1v) is 22.7. The maximum absolute atomic E-state index is 12.9. The Hall–Kier alpha value is -6.58. The van der Waals surface area contributed by atoms with Gasteiger partial charge in [-0.2, -0.15) is 9.13 Å². The minimum Gasteiger partial charge on any atom is -0.744 e. The number of carbonyl (C=O) groups is 2. The zero-order valence-electron chi connectivity index (χ0n) is 34.8. The highest BCUT2D eigenvalue weighted by molar-refractivity contribution is 7.86. The summed E-state index contributed by atoms with van der Waals surface area (Å²) in [6.07, 6.45) is 9.44. The van der Waals surface area contributed by atoms with Crippen molar-refractivity contribution in [2.75, 3.05) is 10.6 Å². The molecule has 0 atom stereocenters. The molecular weight excluding hydrogens is 825 g/mol. The number of rotatable bonds is 11. The Morgan fingerprint density at radius 2 is 1.02 bits per heavy atom. The third-order valence-corrected chi connectivity index (χ3v) is 11.1. The van der Waals surface area contributed by atoms with Crippen LogP contribution >= 0.6 is 0 Å². The van der Waals surface area contributed by atoms with Gasteiger partial charge in [0.2, 0.25) is 16.9 Å². The first kappa shape index (κ1) is 46.5. The Bertz CT molecular complexity index is 2850. The number of fused-ring (bicyclic) bond motifs is 2. The van der Waals surface area contributed by atoms with Crippen LogP contribution in [0.15, 0.2) is 162 Å². The first-order valence-electron chi connectivity index (χ1n) is 19.8. The van der Waals surface area contributed by atoms with Gasteiger partial charge >= 0.3 is 0 Å². The van der Waals surface area contributed by atoms with Crippen molar-refractivity contribution in [3.8, 4) is 0 Å². The summed E-state index contributed by atoms with van der Waals surface area (Å²) in [5, 5.41) is 8.22. The summed E-state index contributed by atoms with van der Waals surface area (Å²) in [5.41, 5.74) is 6.91. The molecule has 14 heteroatoms. The molecule has 320 valence electrons. The van der Waals surface area contributed by atoms with E-state index in [0.29, 0.717) is 5.56 Å². The van der Waals surface area contributed by atoms with Gasteiger partial charge < -0.3 is 19.7 Å². The second-order valence-electron chi connectivity index (χ2n) is 14.4. The Morgan fingerprint density at radius 3 is 1.44 bits per heavy atom. The third kappa shape index (κ3) is 13.5. The SMILES string of the molecule is CCC[n+]1cccc2ccc(NC(=O)/C=C/c3ccc(C(=O)Nc4ccc5ccc[n+](CCC)c5c4)cc3)cc21.Cc1ccc(S(=O)(=O)[O-])cc1.Cc1ccc(S(=O)(=O)[O-])cc1. The molecule has 0 fully saturated rings. The lowest BCUT2D eigenvalue weighted by Gasteiger charge is -2.07. The summed E-state index contributed by atoms with van der Waals surface area (Å²) in [6, 6.07) is 38.9. The van der Waals surface area contributed by atoms with Crippen LogP contribution in [0.4, 0.5) is 11.4 Å². The van der Waals surface area contributed by atoms with Gasteiger partial charge in [0, 0.05) is 70.9 Å². The standard InChI is InChI=1S/C34H32N4O2.2C7H8O3S/c1-3-19-37-21-5-7-26-14-16-29(23-31(26)37)35-33(39)18-11-25-9-12-28(13-10-25)34(40)36-30-17-15-27-8-6-22-38(20-4-2)32(27)24-30;2*1-6-2-4-7(5-3-6)11(8,9)10/h5-18,21-24H,3-4,19-20H2,1-2H3;2*2-5H,1H3,(H,8,9,10)/b18-11+;;. The molecule has 0 unspecified atom stereocenters. The van der Waals surface area contributed by atoms with E-state index >= 15 is 0 Å². The van der Waals surface area contributed by atoms with Gasteiger partial charge in [0.05, 0.1) is 9.79 Å². The van der Waals surface area contributed by atoms with Crippen LogP contribution in [0.3, 0.4) is 0 Å². The summed E-state index contributed by atoms with van der Waals surface area (Å²) >= 11 is 0. The molecule has 0 bridgehead atoms. The molecule has 2 heterocycles. The molecular formula is C48H48N4O8S2. The van der Waals surface area contributed by atoms with Crippen LogP contribution in [0.25, 0.3) is 27.9 Å². The molecule has 0 aliphatic rings. The van der Waals surface area contributed by atoms with Gasteiger partial charge in [-0.25, -0.2) is 16.8 Å². The fourth-order valence-corrected chi connectivity index (χ4v) is 7.21. The van der Waals surface area contributed by atoms with Crippen molar-refractivity contribution in [2.24, 2.45) is 0 Å². The lowest BCUT2D eigenvalue weighted by atomic mass is 10.1. The highest BCUT2D eigenvalue weighted by Gasteiger charge is 2.12. The van der Waals surface area contributed by atoms with Crippen molar-refractivity contribution >= 4 is 71.3 Å². The van der Waals surface area contributed by atoms with E-state index in [4.69, 9.17) is 0 Å². The van der Waals surface area contributed by atoms with Crippen LogP contribution in [0.2, 0.25) is 0 Å². The Morgan fingerprint density at radius 1 is 0.581 bits per heavy atom. The van der Waals surface area contributed by atoms with E-state index in [0.717, 1.165) is 75.8 Å². The van der Waals surface area contributed by atoms with E-state index in [2.05, 4.69) is 58.1 Å². The van der Waals surface area contributed by atoms with Crippen LogP contribution in [0.5, 0.6) is 0 Å². The number of amides is 2. The van der Waals surface area contributed by atoms with Gasteiger partial charge in [0.25, 0.3) is 5.91 Å². The number of anilines is 2. The second kappa shape index (κ2) is 21.3. The normalized spacial score (nSPS) is 11.3. The smallest absolute Gasteiger partial charge is 0.255 e. The van der Waals surface area contributed by atoms with Crippen molar-refractivity contribution in [3.05, 3.63) is 174 Å². The maximum atomic E-state index is 12.9. The predicted molar refractivity (Wildman–Crippen MR) is 239 cm³/mol. The number of pyridine rings is 2. The Kier molecular flexibility index (Phi) is 16.0. The average molecular weight is 873 g/mol. The van der Waals surface area contributed by atoms with Gasteiger partial charge in [-0.3, -0.25) is 9.59 Å². The number of benzene rings is 5. The predicted octanol–water partition coefficient (Wildman–Crippen LogP) is 8.09. The van der Waals surface area contributed by atoms with E-state index in [1.807, 2.05) is 74.5 Å². The largest absolute Gasteiger partial charge is 0.744 e. The van der Waals surface area contributed by atoms with Crippen LogP contribution in [0, 0.1) is 13.8 Å². The van der Waals surface area contributed by atoms with Crippen LogP contribution < -0.4 is 19.8 Å². The molecule has 0 aliphatic carbocycles. The zero-order valence-corrected chi connectivity index (χ0v) is 36.4. The lowest BCUT2D eigenvalue weighted by molar-refractivity contribution is -0.671. The second-order valence-corrected chi connectivity index (χ2v) is 17.1. The summed E-state index contributed by atoms with van der Waals surface area (Å²) in [7, 11) is -8.54. The number of hydrogen-bond donors (Lipinski definition) is 2. The van der Waals surface area contributed by atoms with Gasteiger partial charge in [-0.05, 0) is 98.3 Å². The van der Waals surface area contributed by atoms with E-state index in [1.165, 1.54) is 30.3 Å². The van der Waals surface area contributed by atoms with E-state index in [9.17, 15) is 35.5 Å². The minimum atomic E-state index is -4.27. The van der Waals surface area contributed by atoms with Crippen LogP contribution in [0.1, 0.15) is 53.7 Å². The summed E-state index contributed by atoms with van der Waals surface area (Å²) < 4.78 is 66.7. The fraction of sp³-hybridized carbons (Fsp3) is 0.167. The molecule has 2 amide bonds. The van der Waals surface area contributed by atoms with E-state index in [-0.39, 0.29) is 21.6 Å². The van der Waals surface area contributed by atoms with Crippen molar-refractivity contribution in [1.82, 2.24) is 0 Å². The Balaban J connectivity index is 0.000000267. The summed E-state index contributed by atoms with van der Waals surface area (Å²) in [5.74, 6) is -0.391. The fourth-order valence-electron chi connectivity index (χ4n) is 6.27. The molecule has 0 saturated carbocycles. The number of aromatic nitrogens is 2. The van der Waals surface area contributed by atoms with Crippen molar-refractivity contribution in [2.45, 2.75) is 63.4 Å². The van der Waals surface area contributed by atoms with E-state index in [1.54, 1.807) is 42.5 Å². The quantitative estimate of drug-likeness (QED) is 0.0744. The molecule has 2 N–H and O–H groups in total. The minimum absolute atomic E-state index is 0.178. The van der Waals surface area contributed by atoms with Gasteiger partial charge in [0.1, 0.15) is 33.3 Å². The molecule has 2 aromatic heterocycles. The summed E-state index contributed by atoms with van der Waals surface area (Å²) in [4.78, 5) is 25.1. The number of hydrogen-bond acceptors (Lipinski definition) is 8. The third-order valence-electron chi connectivity index (χ3n) is 9.44. The molecule has 12 nitrogen and oxygen atoms in total. The maximum Gasteiger partial charge on any atom is 0.255 e. The van der Waals surface area contributed by atoms with Crippen molar-refractivity contribution in [3.63, 3.8) is 0 Å².